The van der Waals surface area contributed by atoms with Gasteiger partial charge in [-0.25, -0.2) is 0 Å². The summed E-state index contributed by atoms with van der Waals surface area (Å²) >= 11 is 4.91. The van der Waals surface area contributed by atoms with Crippen molar-refractivity contribution in [1.29, 1.82) is 0 Å². The van der Waals surface area contributed by atoms with Gasteiger partial charge in [-0.3, -0.25) is 4.79 Å². The fourth-order valence-electron chi connectivity index (χ4n) is 2.38. The van der Waals surface area contributed by atoms with Crippen LogP contribution < -0.4 is 15.2 Å². The molecule has 23 heavy (non-hydrogen) atoms. The number of nitrogens with zero attached hydrogens (tertiary/aromatic N) is 1. The molecule has 0 saturated heterocycles. The average molecular weight is 328 g/mol. The smallest absolute Gasteiger partial charge is 0.253 e. The minimum atomic E-state index is -0.0721. The number of hydrogen-bond acceptors (Lipinski definition) is 4. The third-order valence-corrected chi connectivity index (χ3v) is 3.86. The zero-order valence-corrected chi connectivity index (χ0v) is 13.4. The number of carbonyl (C=O) groups excluding carboxylic acids is 1. The third-order valence-electron chi connectivity index (χ3n) is 3.62. The van der Waals surface area contributed by atoms with Crippen LogP contribution in [0.4, 0.5) is 0 Å². The highest BCUT2D eigenvalue weighted by Gasteiger charge is 2.16. The topological polar surface area (TPSA) is 64.8 Å². The second-order valence-corrected chi connectivity index (χ2v) is 5.73. The maximum Gasteiger partial charge on any atom is 0.253 e. The van der Waals surface area contributed by atoms with Gasteiger partial charge in [-0.15, -0.1) is 0 Å². The number of rotatable bonds is 4. The largest absolute Gasteiger partial charge is 0.454 e. The van der Waals surface area contributed by atoms with Crippen LogP contribution in [0.3, 0.4) is 0 Å². The van der Waals surface area contributed by atoms with Crippen molar-refractivity contribution < 1.29 is 14.3 Å². The number of benzene rings is 2. The summed E-state index contributed by atoms with van der Waals surface area (Å²) in [6.45, 7) is 0.718. The Kier molecular flexibility index (Phi) is 4.16. The predicted molar refractivity (Wildman–Crippen MR) is 90.7 cm³/mol. The van der Waals surface area contributed by atoms with E-state index in [2.05, 4.69) is 0 Å². The number of amides is 1. The number of ether oxygens (including phenoxy) is 2. The van der Waals surface area contributed by atoms with Gasteiger partial charge in [-0.05, 0) is 29.8 Å². The molecule has 0 spiro atoms. The van der Waals surface area contributed by atoms with Crippen molar-refractivity contribution in [3.8, 4) is 11.5 Å². The molecule has 118 valence electrons. The summed E-state index contributed by atoms with van der Waals surface area (Å²) in [7, 11) is 1.76. The van der Waals surface area contributed by atoms with Crippen LogP contribution in [0.2, 0.25) is 0 Å². The highest BCUT2D eigenvalue weighted by molar-refractivity contribution is 7.80. The van der Waals surface area contributed by atoms with Crippen molar-refractivity contribution in [2.75, 3.05) is 13.8 Å². The minimum absolute atomic E-state index is 0.0721. The van der Waals surface area contributed by atoms with Gasteiger partial charge >= 0.3 is 0 Å². The summed E-state index contributed by atoms with van der Waals surface area (Å²) in [5, 5.41) is 0. The van der Waals surface area contributed by atoms with Crippen molar-refractivity contribution in [2.24, 2.45) is 5.73 Å². The quantitative estimate of drug-likeness (QED) is 0.873. The average Bonchev–Trinajstić information content (AvgIpc) is 3.01. The van der Waals surface area contributed by atoms with E-state index in [1.54, 1.807) is 36.2 Å². The van der Waals surface area contributed by atoms with E-state index in [0.717, 1.165) is 16.9 Å². The van der Waals surface area contributed by atoms with Gasteiger partial charge in [0.05, 0.1) is 0 Å². The lowest BCUT2D eigenvalue weighted by Crippen LogP contribution is -2.26. The van der Waals surface area contributed by atoms with Crippen molar-refractivity contribution in [3.05, 3.63) is 59.2 Å². The second-order valence-electron chi connectivity index (χ2n) is 5.29. The summed E-state index contributed by atoms with van der Waals surface area (Å²) < 4.78 is 10.6. The number of hydrogen-bond donors (Lipinski definition) is 1. The van der Waals surface area contributed by atoms with Crippen molar-refractivity contribution in [3.63, 3.8) is 0 Å². The van der Waals surface area contributed by atoms with Gasteiger partial charge in [-0.2, -0.15) is 0 Å². The van der Waals surface area contributed by atoms with E-state index >= 15 is 0 Å². The Morgan fingerprint density at radius 2 is 1.78 bits per heavy atom. The molecule has 2 aromatic rings. The molecule has 3 rings (SSSR count). The Morgan fingerprint density at radius 3 is 2.48 bits per heavy atom. The van der Waals surface area contributed by atoms with Gasteiger partial charge in [0.2, 0.25) is 6.79 Å². The Balaban J connectivity index is 1.71. The first-order valence-corrected chi connectivity index (χ1v) is 7.49. The van der Waals surface area contributed by atoms with Gasteiger partial charge in [0.25, 0.3) is 5.91 Å². The fourth-order valence-corrected chi connectivity index (χ4v) is 2.52. The molecular formula is C17H16N2O3S. The first kappa shape index (κ1) is 15.3. The molecule has 0 unspecified atom stereocenters. The molecule has 1 heterocycles. The van der Waals surface area contributed by atoms with E-state index in [9.17, 15) is 4.79 Å². The summed E-state index contributed by atoms with van der Waals surface area (Å²) in [6, 6.07) is 12.6. The van der Waals surface area contributed by atoms with Gasteiger partial charge in [0.15, 0.2) is 11.5 Å². The van der Waals surface area contributed by atoms with Crippen LogP contribution in [-0.2, 0) is 6.54 Å². The predicted octanol–water partition coefficient (Wildman–Crippen LogP) is 2.32. The SMILES string of the molecule is CN(Cc1ccc2c(c1)OCO2)C(=O)c1ccc(C(N)=S)cc1. The standard InChI is InChI=1S/C17H16N2O3S/c1-19(9-11-2-7-14-15(8-11)22-10-21-14)17(20)13-5-3-12(4-6-13)16(18)23/h2-8H,9-10H2,1H3,(H2,18,23). The Hall–Kier alpha value is -2.60. The van der Waals surface area contributed by atoms with E-state index in [-0.39, 0.29) is 12.7 Å². The normalized spacial score (nSPS) is 12.0. The van der Waals surface area contributed by atoms with Crippen LogP contribution in [0.1, 0.15) is 21.5 Å². The van der Waals surface area contributed by atoms with E-state index in [1.807, 2.05) is 18.2 Å². The van der Waals surface area contributed by atoms with Gasteiger partial charge in [0.1, 0.15) is 4.99 Å². The molecule has 6 heteroatoms. The summed E-state index contributed by atoms with van der Waals surface area (Å²) in [5.41, 5.74) is 7.87. The zero-order chi connectivity index (χ0) is 16.4. The van der Waals surface area contributed by atoms with Crippen LogP contribution >= 0.6 is 12.2 Å². The lowest BCUT2D eigenvalue weighted by molar-refractivity contribution is 0.0785. The monoisotopic (exact) mass is 328 g/mol. The van der Waals surface area contributed by atoms with Crippen LogP contribution in [0, 0.1) is 0 Å². The molecule has 0 atom stereocenters. The van der Waals surface area contributed by atoms with Crippen LogP contribution in [0.5, 0.6) is 11.5 Å². The molecule has 1 amide bonds. The van der Waals surface area contributed by atoms with Gasteiger partial charge in [0, 0.05) is 24.7 Å². The number of thiocarbonyl (C=S) groups is 1. The maximum absolute atomic E-state index is 12.5. The fraction of sp³-hybridized carbons (Fsp3) is 0.176. The van der Waals surface area contributed by atoms with E-state index < -0.39 is 0 Å². The summed E-state index contributed by atoms with van der Waals surface area (Å²) in [5.74, 6) is 1.37. The van der Waals surface area contributed by atoms with Crippen molar-refractivity contribution in [2.45, 2.75) is 6.54 Å². The lowest BCUT2D eigenvalue weighted by atomic mass is 10.1. The zero-order valence-electron chi connectivity index (χ0n) is 12.6. The molecule has 1 aliphatic heterocycles. The third kappa shape index (κ3) is 3.27. The number of fused-ring (bicyclic) bond motifs is 1. The molecule has 0 aromatic heterocycles. The van der Waals surface area contributed by atoms with Gasteiger partial charge < -0.3 is 20.1 Å². The molecule has 1 aliphatic rings. The van der Waals surface area contributed by atoms with Crippen molar-refractivity contribution >= 4 is 23.1 Å². The molecular weight excluding hydrogens is 312 g/mol. The highest BCUT2D eigenvalue weighted by Crippen LogP contribution is 2.32. The number of carbonyl (C=O) groups is 1. The van der Waals surface area contributed by atoms with E-state index in [4.69, 9.17) is 27.4 Å². The first-order chi connectivity index (χ1) is 11.0. The van der Waals surface area contributed by atoms with E-state index in [1.165, 1.54) is 0 Å². The Morgan fingerprint density at radius 1 is 1.13 bits per heavy atom. The van der Waals surface area contributed by atoms with Crippen LogP contribution in [-0.4, -0.2) is 29.6 Å². The molecule has 2 N–H and O–H groups in total. The molecule has 0 bridgehead atoms. The Labute approximate surface area is 139 Å². The maximum atomic E-state index is 12.5. The minimum Gasteiger partial charge on any atom is -0.454 e. The van der Waals surface area contributed by atoms with Crippen LogP contribution in [0.15, 0.2) is 42.5 Å². The van der Waals surface area contributed by atoms with Gasteiger partial charge in [-0.1, -0.05) is 30.4 Å². The molecule has 0 saturated carbocycles. The van der Waals surface area contributed by atoms with Crippen LogP contribution in [0.25, 0.3) is 0 Å². The number of nitrogens with two attached hydrogens (primary N) is 1. The van der Waals surface area contributed by atoms with E-state index in [0.29, 0.717) is 22.8 Å². The molecule has 2 aromatic carbocycles. The summed E-state index contributed by atoms with van der Waals surface area (Å²) in [6.07, 6.45) is 0. The molecule has 0 aliphatic carbocycles. The summed E-state index contributed by atoms with van der Waals surface area (Å²) in [4.78, 5) is 14.4. The highest BCUT2D eigenvalue weighted by atomic mass is 32.1. The Bertz CT molecular complexity index is 759. The van der Waals surface area contributed by atoms with Crippen molar-refractivity contribution in [1.82, 2.24) is 4.90 Å². The first-order valence-electron chi connectivity index (χ1n) is 7.08. The molecule has 0 fully saturated rings. The molecule has 0 radical (unpaired) electrons. The lowest BCUT2D eigenvalue weighted by Gasteiger charge is -2.17. The second kappa shape index (κ2) is 6.26. The molecule has 5 nitrogen and oxygen atoms in total.